The van der Waals surface area contributed by atoms with Crippen LogP contribution in [0.25, 0.3) is 0 Å². The maximum atomic E-state index is 12.9. The van der Waals surface area contributed by atoms with Crippen molar-refractivity contribution in [3.63, 3.8) is 0 Å². The Bertz CT molecular complexity index is 578. The van der Waals surface area contributed by atoms with E-state index in [2.05, 4.69) is 41.9 Å². The molecule has 2 aromatic carbocycles. The van der Waals surface area contributed by atoms with E-state index in [4.69, 9.17) is 11.6 Å². The van der Waals surface area contributed by atoms with E-state index in [0.717, 1.165) is 15.6 Å². The SMILES string of the molecule is Cc1cc(C(Cl)Cc2ccc(F)cc2)c(C)cc1Br. The molecule has 0 radical (unpaired) electrons. The molecule has 0 aliphatic carbocycles. The fraction of sp³-hybridized carbons (Fsp3) is 0.250. The Hall–Kier alpha value is -0.860. The zero-order valence-electron chi connectivity index (χ0n) is 10.9. The lowest BCUT2D eigenvalue weighted by atomic mass is 9.98. The lowest BCUT2D eigenvalue weighted by molar-refractivity contribution is 0.627. The largest absolute Gasteiger partial charge is 0.207 e. The molecule has 0 fully saturated rings. The number of alkyl halides is 1. The second-order valence-corrected chi connectivity index (χ2v) is 6.14. The number of hydrogen-bond acceptors (Lipinski definition) is 0. The Balaban J connectivity index is 2.22. The van der Waals surface area contributed by atoms with Gasteiger partial charge in [-0.1, -0.05) is 34.1 Å². The van der Waals surface area contributed by atoms with E-state index in [1.165, 1.54) is 23.3 Å². The second-order valence-electron chi connectivity index (χ2n) is 4.76. The first kappa shape index (κ1) is 14.5. The van der Waals surface area contributed by atoms with Crippen molar-refractivity contribution in [2.45, 2.75) is 25.6 Å². The highest BCUT2D eigenvalue weighted by Crippen LogP contribution is 2.31. The molecule has 0 aliphatic heterocycles. The summed E-state index contributed by atoms with van der Waals surface area (Å²) in [5.74, 6) is -0.217. The van der Waals surface area contributed by atoms with Gasteiger partial charge in [0.2, 0.25) is 0 Å². The molecule has 0 amide bonds. The van der Waals surface area contributed by atoms with Gasteiger partial charge in [-0.15, -0.1) is 11.6 Å². The predicted octanol–water partition coefficient (Wildman–Crippen LogP) is 5.73. The van der Waals surface area contributed by atoms with Gasteiger partial charge in [0.25, 0.3) is 0 Å². The van der Waals surface area contributed by atoms with E-state index in [9.17, 15) is 4.39 Å². The van der Waals surface area contributed by atoms with Crippen LogP contribution in [0.2, 0.25) is 0 Å². The van der Waals surface area contributed by atoms with Crippen LogP contribution in [0, 0.1) is 19.7 Å². The van der Waals surface area contributed by atoms with Crippen molar-refractivity contribution in [2.24, 2.45) is 0 Å². The fourth-order valence-electron chi connectivity index (χ4n) is 2.08. The highest BCUT2D eigenvalue weighted by molar-refractivity contribution is 9.10. The van der Waals surface area contributed by atoms with E-state index in [0.29, 0.717) is 6.42 Å². The summed E-state index contributed by atoms with van der Waals surface area (Å²) >= 11 is 10.0. The first-order chi connectivity index (χ1) is 8.97. The topological polar surface area (TPSA) is 0 Å². The van der Waals surface area contributed by atoms with E-state index >= 15 is 0 Å². The number of hydrogen-bond donors (Lipinski definition) is 0. The minimum Gasteiger partial charge on any atom is -0.207 e. The maximum absolute atomic E-state index is 12.9. The molecule has 0 heterocycles. The minimum atomic E-state index is -0.217. The van der Waals surface area contributed by atoms with E-state index in [1.54, 1.807) is 12.1 Å². The summed E-state index contributed by atoms with van der Waals surface area (Å²) in [6.45, 7) is 4.11. The van der Waals surface area contributed by atoms with Gasteiger partial charge in [-0.05, 0) is 60.7 Å². The number of benzene rings is 2. The van der Waals surface area contributed by atoms with Crippen LogP contribution >= 0.6 is 27.5 Å². The number of aryl methyl sites for hydroxylation is 2. The molecular weight excluding hydrogens is 327 g/mol. The average molecular weight is 342 g/mol. The summed E-state index contributed by atoms with van der Waals surface area (Å²) < 4.78 is 14.0. The zero-order chi connectivity index (χ0) is 14.0. The van der Waals surface area contributed by atoms with Crippen LogP contribution in [-0.2, 0) is 6.42 Å². The van der Waals surface area contributed by atoms with Gasteiger partial charge in [0, 0.05) is 4.47 Å². The van der Waals surface area contributed by atoms with Crippen molar-refractivity contribution in [1.82, 2.24) is 0 Å². The summed E-state index contributed by atoms with van der Waals surface area (Å²) in [4.78, 5) is 0. The Morgan fingerprint density at radius 1 is 1.11 bits per heavy atom. The Labute approximate surface area is 126 Å². The van der Waals surface area contributed by atoms with E-state index in [-0.39, 0.29) is 11.2 Å². The summed E-state index contributed by atoms with van der Waals surface area (Å²) in [5, 5.41) is -0.0998. The van der Waals surface area contributed by atoms with Gasteiger partial charge < -0.3 is 0 Å². The van der Waals surface area contributed by atoms with Crippen LogP contribution in [-0.4, -0.2) is 0 Å². The normalized spacial score (nSPS) is 12.5. The van der Waals surface area contributed by atoms with Crippen molar-refractivity contribution in [2.75, 3.05) is 0 Å². The van der Waals surface area contributed by atoms with Crippen molar-refractivity contribution < 1.29 is 4.39 Å². The van der Waals surface area contributed by atoms with Crippen LogP contribution in [0.5, 0.6) is 0 Å². The molecule has 0 nitrogen and oxygen atoms in total. The van der Waals surface area contributed by atoms with Crippen molar-refractivity contribution in [3.8, 4) is 0 Å². The van der Waals surface area contributed by atoms with Crippen LogP contribution in [0.4, 0.5) is 4.39 Å². The van der Waals surface area contributed by atoms with Gasteiger partial charge in [0.15, 0.2) is 0 Å². The summed E-state index contributed by atoms with van der Waals surface area (Å²) in [7, 11) is 0. The molecule has 0 aromatic heterocycles. The van der Waals surface area contributed by atoms with Crippen LogP contribution in [0.15, 0.2) is 40.9 Å². The molecular formula is C16H15BrClF. The molecule has 1 unspecified atom stereocenters. The molecule has 0 saturated carbocycles. The monoisotopic (exact) mass is 340 g/mol. The minimum absolute atomic E-state index is 0.0998. The van der Waals surface area contributed by atoms with Gasteiger partial charge in [-0.2, -0.15) is 0 Å². The third-order valence-corrected chi connectivity index (χ3v) is 4.46. The van der Waals surface area contributed by atoms with Gasteiger partial charge in [0.05, 0.1) is 5.38 Å². The molecule has 0 spiro atoms. The second kappa shape index (κ2) is 6.06. The van der Waals surface area contributed by atoms with Crippen LogP contribution < -0.4 is 0 Å². The van der Waals surface area contributed by atoms with Gasteiger partial charge in [-0.3, -0.25) is 0 Å². The third-order valence-electron chi connectivity index (χ3n) is 3.21. The molecule has 1 atom stereocenters. The molecule has 0 saturated heterocycles. The maximum Gasteiger partial charge on any atom is 0.123 e. The quantitative estimate of drug-likeness (QED) is 0.626. The van der Waals surface area contributed by atoms with Crippen LogP contribution in [0.1, 0.15) is 27.6 Å². The lowest BCUT2D eigenvalue weighted by Gasteiger charge is -2.15. The van der Waals surface area contributed by atoms with Crippen molar-refractivity contribution in [3.05, 3.63) is 68.9 Å². The summed E-state index contributed by atoms with van der Waals surface area (Å²) in [6.07, 6.45) is 0.698. The fourth-order valence-corrected chi connectivity index (χ4v) is 2.95. The Morgan fingerprint density at radius 3 is 2.37 bits per heavy atom. The molecule has 2 rings (SSSR count). The highest BCUT2D eigenvalue weighted by Gasteiger charge is 2.13. The van der Waals surface area contributed by atoms with Crippen LogP contribution in [0.3, 0.4) is 0 Å². The smallest absolute Gasteiger partial charge is 0.123 e. The first-order valence-corrected chi connectivity index (χ1v) is 7.35. The van der Waals surface area contributed by atoms with Crippen molar-refractivity contribution >= 4 is 27.5 Å². The van der Waals surface area contributed by atoms with Crippen molar-refractivity contribution in [1.29, 1.82) is 0 Å². The molecule has 2 aromatic rings. The number of rotatable bonds is 3. The molecule has 19 heavy (non-hydrogen) atoms. The average Bonchev–Trinajstić information content (AvgIpc) is 2.36. The summed E-state index contributed by atoms with van der Waals surface area (Å²) in [5.41, 5.74) is 4.51. The molecule has 0 bridgehead atoms. The molecule has 0 aliphatic rings. The van der Waals surface area contributed by atoms with E-state index in [1.807, 2.05) is 0 Å². The molecule has 0 N–H and O–H groups in total. The molecule has 100 valence electrons. The highest BCUT2D eigenvalue weighted by atomic mass is 79.9. The zero-order valence-corrected chi connectivity index (χ0v) is 13.2. The summed E-state index contributed by atoms with van der Waals surface area (Å²) in [6, 6.07) is 10.7. The predicted molar refractivity (Wildman–Crippen MR) is 82.3 cm³/mol. The standard InChI is InChI=1S/C16H15BrClF/c1-10-8-15(17)11(2)7-14(10)16(18)9-12-3-5-13(19)6-4-12/h3-8,16H,9H2,1-2H3. The lowest BCUT2D eigenvalue weighted by Crippen LogP contribution is -2.00. The third kappa shape index (κ3) is 3.58. The Morgan fingerprint density at radius 2 is 1.74 bits per heavy atom. The first-order valence-electron chi connectivity index (χ1n) is 6.12. The van der Waals surface area contributed by atoms with Gasteiger partial charge in [0.1, 0.15) is 5.82 Å². The number of halogens is 3. The van der Waals surface area contributed by atoms with Gasteiger partial charge >= 0.3 is 0 Å². The van der Waals surface area contributed by atoms with E-state index < -0.39 is 0 Å². The molecule has 3 heteroatoms. The van der Waals surface area contributed by atoms with Gasteiger partial charge in [-0.25, -0.2) is 4.39 Å². The Kier molecular flexibility index (Phi) is 4.64.